The predicted octanol–water partition coefficient (Wildman–Crippen LogP) is -13.0. The van der Waals surface area contributed by atoms with Crippen LogP contribution in [-0.2, 0) is 4.79 Å². The minimum absolute atomic E-state index is 0. The summed E-state index contributed by atoms with van der Waals surface area (Å²) in [5, 5.41) is 0. The molecule has 0 atom stereocenters. The van der Waals surface area contributed by atoms with Crippen LogP contribution in [0, 0.1) is 0 Å². The summed E-state index contributed by atoms with van der Waals surface area (Å²) in [5.41, 5.74) is 5.10. The number of amides is 1. The average Bonchev–Trinajstić information content (AvgIpc) is 1.86. The number of hydrogen-bond donors (Lipinski definition) is 2. The van der Waals surface area contributed by atoms with Crippen molar-refractivity contribution >= 4 is 5.91 Å². The molecule has 50 valence electrons. The van der Waals surface area contributed by atoms with Gasteiger partial charge in [-0.05, 0) is 0 Å². The van der Waals surface area contributed by atoms with E-state index >= 15 is 0 Å². The van der Waals surface area contributed by atoms with Crippen LogP contribution in [0.4, 0.5) is 0 Å². The van der Waals surface area contributed by atoms with Crippen LogP contribution in [0.3, 0.4) is 0 Å². The Labute approximate surface area is 173 Å². The molecule has 1 heterocycles. The van der Waals surface area contributed by atoms with Crippen molar-refractivity contribution in [1.29, 1.82) is 0 Å². The Morgan fingerprint density at radius 3 is 1.90 bits per heavy atom. The second-order valence-corrected chi connectivity index (χ2v) is 1.22. The SMILES string of the molecule is O=C1CCNN1.[Br-].[I-].[K+].[K+]. The minimum Gasteiger partial charge on any atom is -1.00 e. The normalized spacial score (nSPS) is 12.6. The Balaban J connectivity index is -0.0000000450. The zero-order chi connectivity index (χ0) is 4.41. The molecule has 1 amide bonds. The largest absolute Gasteiger partial charge is 1.00 e. The second kappa shape index (κ2) is 15.4. The molecule has 10 heavy (non-hydrogen) atoms. The molecule has 2 N–H and O–H groups in total. The summed E-state index contributed by atoms with van der Waals surface area (Å²) in [4.78, 5) is 10.1. The van der Waals surface area contributed by atoms with Crippen LogP contribution in [0.25, 0.3) is 0 Å². The number of carbonyl (C=O) groups excluding carboxylic acids is 1. The maximum Gasteiger partial charge on any atom is 1.00 e. The molecule has 0 spiro atoms. The summed E-state index contributed by atoms with van der Waals surface area (Å²) < 4.78 is 0. The molecule has 0 aliphatic carbocycles. The molecule has 0 bridgehead atoms. The molecule has 0 aromatic heterocycles. The monoisotopic (exact) mass is 370 g/mol. The number of carbonyl (C=O) groups is 1. The van der Waals surface area contributed by atoms with E-state index in [1.165, 1.54) is 0 Å². The molecule has 1 fully saturated rings. The van der Waals surface area contributed by atoms with Gasteiger partial charge in [-0.2, -0.15) is 0 Å². The molecule has 1 rings (SSSR count). The van der Waals surface area contributed by atoms with Gasteiger partial charge in [-0.1, -0.05) is 0 Å². The van der Waals surface area contributed by atoms with Gasteiger partial charge in [0.15, 0.2) is 0 Å². The van der Waals surface area contributed by atoms with E-state index in [-0.39, 0.29) is 150 Å². The molecule has 0 radical (unpaired) electrons. The maximum absolute atomic E-state index is 10.1. The molecule has 3 nitrogen and oxygen atoms in total. The molecule has 0 aromatic carbocycles. The summed E-state index contributed by atoms with van der Waals surface area (Å²) in [7, 11) is 0. The fourth-order valence-electron chi connectivity index (χ4n) is 0.400. The van der Waals surface area contributed by atoms with Crippen molar-refractivity contribution in [2.45, 2.75) is 6.42 Å². The Morgan fingerprint density at radius 1 is 1.30 bits per heavy atom. The van der Waals surface area contributed by atoms with Crippen molar-refractivity contribution in [1.82, 2.24) is 10.9 Å². The first-order valence-corrected chi connectivity index (χ1v) is 1.91. The van der Waals surface area contributed by atoms with Gasteiger partial charge in [0.05, 0.1) is 0 Å². The van der Waals surface area contributed by atoms with Gasteiger partial charge in [0.25, 0.3) is 0 Å². The van der Waals surface area contributed by atoms with Gasteiger partial charge >= 0.3 is 103 Å². The van der Waals surface area contributed by atoms with Gasteiger partial charge in [-0.25, -0.2) is 5.43 Å². The van der Waals surface area contributed by atoms with Crippen molar-refractivity contribution in [3.8, 4) is 0 Å². The maximum atomic E-state index is 10.1. The topological polar surface area (TPSA) is 41.1 Å². The van der Waals surface area contributed by atoms with Crippen molar-refractivity contribution in [3.05, 3.63) is 0 Å². The fourth-order valence-corrected chi connectivity index (χ4v) is 0.400. The van der Waals surface area contributed by atoms with Crippen molar-refractivity contribution in [2.75, 3.05) is 6.54 Å². The third-order valence-corrected chi connectivity index (χ3v) is 0.705. The number of rotatable bonds is 0. The zero-order valence-electron chi connectivity index (χ0n) is 6.08. The predicted molar refractivity (Wildman–Crippen MR) is 20.8 cm³/mol. The van der Waals surface area contributed by atoms with E-state index in [1.54, 1.807) is 0 Å². The number of halogens is 2. The average molecular weight is 371 g/mol. The third kappa shape index (κ3) is 11.9. The van der Waals surface area contributed by atoms with E-state index < -0.39 is 0 Å². The minimum atomic E-state index is 0. The summed E-state index contributed by atoms with van der Waals surface area (Å²) in [5.74, 6) is 0.0926. The number of nitrogens with one attached hydrogen (secondary N) is 2. The third-order valence-electron chi connectivity index (χ3n) is 0.705. The molecule has 0 aromatic rings. The molecule has 1 saturated heterocycles. The van der Waals surface area contributed by atoms with Crippen molar-refractivity contribution in [2.24, 2.45) is 0 Å². The first kappa shape index (κ1) is 23.6. The molecule has 7 heteroatoms. The standard InChI is InChI=1S/C3H6N2O.BrH.HI.2K/c6-3-1-2-4-5-3;;;;/h4H,1-2H2,(H,5,6);2*1H;;/q;;;2*+1/p-2. The van der Waals surface area contributed by atoms with Crippen molar-refractivity contribution < 1.29 is 149 Å². The van der Waals surface area contributed by atoms with Crippen LogP contribution in [0.2, 0.25) is 0 Å². The van der Waals surface area contributed by atoms with Gasteiger partial charge in [0, 0.05) is 13.0 Å². The smallest absolute Gasteiger partial charge is 1.00 e. The second-order valence-electron chi connectivity index (χ2n) is 1.22. The molecule has 1 aliphatic rings. The van der Waals surface area contributed by atoms with E-state index in [9.17, 15) is 4.79 Å². The first-order valence-electron chi connectivity index (χ1n) is 1.91. The van der Waals surface area contributed by atoms with E-state index in [4.69, 9.17) is 0 Å². The molecular formula is C3H6BrIK2N2O. The molecular weight excluding hydrogens is 365 g/mol. The van der Waals surface area contributed by atoms with Gasteiger partial charge in [-0.15, -0.1) is 0 Å². The van der Waals surface area contributed by atoms with Gasteiger partial charge in [0.1, 0.15) is 0 Å². The summed E-state index contributed by atoms with van der Waals surface area (Å²) in [6.45, 7) is 0.777. The van der Waals surface area contributed by atoms with Gasteiger partial charge in [0.2, 0.25) is 5.91 Å². The first-order chi connectivity index (χ1) is 2.89. The number of hydrazine groups is 1. The Bertz CT molecular complexity index is 78.9. The Kier molecular flexibility index (Phi) is 36.3. The van der Waals surface area contributed by atoms with Gasteiger partial charge < -0.3 is 41.0 Å². The van der Waals surface area contributed by atoms with E-state index in [0.29, 0.717) is 6.42 Å². The Morgan fingerprint density at radius 2 is 1.80 bits per heavy atom. The van der Waals surface area contributed by atoms with E-state index in [0.717, 1.165) is 6.54 Å². The molecule has 0 saturated carbocycles. The van der Waals surface area contributed by atoms with Gasteiger partial charge in [-0.3, -0.25) is 10.2 Å². The molecule has 1 aliphatic heterocycles. The van der Waals surface area contributed by atoms with Crippen molar-refractivity contribution in [3.63, 3.8) is 0 Å². The summed E-state index contributed by atoms with van der Waals surface area (Å²) in [6.07, 6.45) is 0.625. The zero-order valence-corrected chi connectivity index (χ0v) is 16.1. The summed E-state index contributed by atoms with van der Waals surface area (Å²) in [6, 6.07) is 0. The van der Waals surface area contributed by atoms with Crippen LogP contribution in [-0.4, -0.2) is 12.5 Å². The van der Waals surface area contributed by atoms with Crippen LogP contribution in [0.1, 0.15) is 6.42 Å². The number of hydrogen-bond acceptors (Lipinski definition) is 2. The Hall–Kier alpha value is 3.91. The van der Waals surface area contributed by atoms with Crippen LogP contribution in [0.5, 0.6) is 0 Å². The fraction of sp³-hybridized carbons (Fsp3) is 0.667. The van der Waals surface area contributed by atoms with E-state index in [1.807, 2.05) is 0 Å². The van der Waals surface area contributed by atoms with E-state index in [2.05, 4.69) is 10.9 Å². The quantitative estimate of drug-likeness (QED) is 0.328. The molecule has 0 unspecified atom stereocenters. The van der Waals surface area contributed by atoms with Crippen LogP contribution >= 0.6 is 0 Å². The van der Waals surface area contributed by atoms with Crippen LogP contribution in [0.15, 0.2) is 0 Å². The van der Waals surface area contributed by atoms with Crippen LogP contribution < -0.4 is 155 Å². The summed E-state index contributed by atoms with van der Waals surface area (Å²) >= 11 is 0.